The number of hydrogen-bond acceptors (Lipinski definition) is 4. The molecule has 1 unspecified atom stereocenters. The summed E-state index contributed by atoms with van der Waals surface area (Å²) in [6.07, 6.45) is 0. The van der Waals surface area contributed by atoms with Crippen molar-refractivity contribution in [1.29, 1.82) is 0 Å². The summed E-state index contributed by atoms with van der Waals surface area (Å²) in [7, 11) is 1.37. The predicted molar refractivity (Wildman–Crippen MR) is 61.0 cm³/mol. The van der Waals surface area contributed by atoms with E-state index in [4.69, 9.17) is 10.5 Å². The summed E-state index contributed by atoms with van der Waals surface area (Å²) in [5.41, 5.74) is 6.52. The third kappa shape index (κ3) is 3.55. The van der Waals surface area contributed by atoms with Gasteiger partial charge >= 0.3 is 5.97 Å². The second-order valence-electron chi connectivity index (χ2n) is 3.59. The lowest BCUT2D eigenvalue weighted by Gasteiger charge is -2.11. The fourth-order valence-corrected chi connectivity index (χ4v) is 1.25. The van der Waals surface area contributed by atoms with Gasteiger partial charge in [0, 0.05) is 6.54 Å². The predicted octanol–water partition coefficient (Wildman–Crippen LogP) is 1.33. The highest BCUT2D eigenvalue weighted by Gasteiger charge is 2.13. The van der Waals surface area contributed by atoms with Gasteiger partial charge in [-0.2, -0.15) is 0 Å². The van der Waals surface area contributed by atoms with E-state index in [-0.39, 0.29) is 11.9 Å². The summed E-state index contributed by atoms with van der Waals surface area (Å²) in [5, 5.41) is 0. The van der Waals surface area contributed by atoms with E-state index in [9.17, 15) is 4.79 Å². The van der Waals surface area contributed by atoms with Crippen LogP contribution in [-0.4, -0.2) is 19.7 Å². The Morgan fingerprint density at radius 2 is 2.25 bits per heavy atom. The van der Waals surface area contributed by atoms with Gasteiger partial charge in [0.15, 0.2) is 0 Å². The van der Waals surface area contributed by atoms with Crippen LogP contribution < -0.4 is 10.5 Å². The first-order valence-electron chi connectivity index (χ1n) is 5.17. The van der Waals surface area contributed by atoms with Crippen molar-refractivity contribution in [2.24, 2.45) is 11.7 Å². The van der Waals surface area contributed by atoms with Crippen LogP contribution in [0.15, 0.2) is 24.3 Å². The van der Waals surface area contributed by atoms with Crippen molar-refractivity contribution < 1.29 is 14.3 Å². The maximum atomic E-state index is 11.1. The molecule has 0 aliphatic carbocycles. The quantitative estimate of drug-likeness (QED) is 0.765. The van der Waals surface area contributed by atoms with Crippen LogP contribution in [0.2, 0.25) is 0 Å². The highest BCUT2D eigenvalue weighted by molar-refractivity contribution is 5.71. The molecule has 0 aliphatic heterocycles. The van der Waals surface area contributed by atoms with Crippen molar-refractivity contribution in [3.8, 4) is 5.75 Å². The minimum absolute atomic E-state index is 0.269. The zero-order valence-corrected chi connectivity index (χ0v) is 9.60. The smallest absolute Gasteiger partial charge is 0.311 e. The molecule has 4 heteroatoms. The van der Waals surface area contributed by atoms with Crippen LogP contribution in [0.1, 0.15) is 12.5 Å². The Bertz CT molecular complexity index is 352. The van der Waals surface area contributed by atoms with Crippen molar-refractivity contribution in [3.63, 3.8) is 0 Å². The second-order valence-corrected chi connectivity index (χ2v) is 3.59. The Balaban J connectivity index is 2.51. The van der Waals surface area contributed by atoms with E-state index in [0.717, 1.165) is 11.3 Å². The molecule has 0 spiro atoms. The van der Waals surface area contributed by atoms with Crippen molar-refractivity contribution >= 4 is 5.97 Å². The normalized spacial score (nSPS) is 11.9. The van der Waals surface area contributed by atoms with E-state index < -0.39 is 0 Å². The number of benzene rings is 1. The number of nitrogens with two attached hydrogens (primary N) is 1. The first-order valence-corrected chi connectivity index (χ1v) is 5.17. The Labute approximate surface area is 95.3 Å². The third-order valence-electron chi connectivity index (χ3n) is 2.24. The number of ether oxygens (including phenoxy) is 2. The molecule has 88 valence electrons. The molecule has 1 atom stereocenters. The Morgan fingerprint density at radius 3 is 2.88 bits per heavy atom. The topological polar surface area (TPSA) is 61.5 Å². The molecule has 2 N–H and O–H groups in total. The van der Waals surface area contributed by atoms with Crippen LogP contribution in [0.3, 0.4) is 0 Å². The summed E-state index contributed by atoms with van der Waals surface area (Å²) in [6.45, 7) is 2.54. The van der Waals surface area contributed by atoms with E-state index in [1.54, 1.807) is 6.92 Å². The molecule has 0 aliphatic rings. The van der Waals surface area contributed by atoms with Gasteiger partial charge in [-0.05, 0) is 24.6 Å². The fourth-order valence-electron chi connectivity index (χ4n) is 1.25. The van der Waals surface area contributed by atoms with Crippen molar-refractivity contribution in [3.05, 3.63) is 29.8 Å². The van der Waals surface area contributed by atoms with Crippen LogP contribution in [0, 0.1) is 5.92 Å². The summed E-state index contributed by atoms with van der Waals surface area (Å²) < 4.78 is 10.1. The average Bonchev–Trinajstić information content (AvgIpc) is 2.35. The first kappa shape index (κ1) is 12.5. The van der Waals surface area contributed by atoms with Gasteiger partial charge in [0.25, 0.3) is 0 Å². The number of methoxy groups -OCH3 is 1. The largest absolute Gasteiger partial charge is 0.493 e. The summed E-state index contributed by atoms with van der Waals surface area (Å²) in [6, 6.07) is 7.50. The Morgan fingerprint density at radius 1 is 1.50 bits per heavy atom. The molecule has 4 nitrogen and oxygen atoms in total. The van der Waals surface area contributed by atoms with Crippen LogP contribution >= 0.6 is 0 Å². The summed E-state index contributed by atoms with van der Waals surface area (Å²) in [4.78, 5) is 11.1. The standard InChI is InChI=1S/C12H17NO3/c1-9(12(14)15-2)8-16-11-5-3-4-10(6-11)7-13/h3-6,9H,7-8,13H2,1-2H3. The molecule has 1 aromatic rings. The van der Waals surface area contributed by atoms with Crippen LogP contribution in [-0.2, 0) is 16.1 Å². The Hall–Kier alpha value is -1.55. The molecule has 0 amide bonds. The van der Waals surface area contributed by atoms with Crippen molar-refractivity contribution in [2.45, 2.75) is 13.5 Å². The lowest BCUT2D eigenvalue weighted by molar-refractivity contribution is -0.145. The van der Waals surface area contributed by atoms with Crippen LogP contribution in [0.4, 0.5) is 0 Å². The van der Waals surface area contributed by atoms with Crippen LogP contribution in [0.25, 0.3) is 0 Å². The highest BCUT2D eigenvalue weighted by Crippen LogP contribution is 2.14. The molecule has 0 fully saturated rings. The molecular formula is C12H17NO3. The summed E-state index contributed by atoms with van der Waals surface area (Å²) >= 11 is 0. The highest BCUT2D eigenvalue weighted by atomic mass is 16.5. The van der Waals surface area contributed by atoms with E-state index in [2.05, 4.69) is 4.74 Å². The minimum atomic E-state index is -0.272. The number of carbonyl (C=O) groups is 1. The van der Waals surface area contributed by atoms with E-state index in [0.29, 0.717) is 13.2 Å². The number of carbonyl (C=O) groups excluding carboxylic acids is 1. The molecule has 0 bridgehead atoms. The van der Waals surface area contributed by atoms with Crippen molar-refractivity contribution in [1.82, 2.24) is 0 Å². The molecule has 0 radical (unpaired) electrons. The van der Waals surface area contributed by atoms with E-state index in [1.807, 2.05) is 24.3 Å². The van der Waals surface area contributed by atoms with Gasteiger partial charge < -0.3 is 15.2 Å². The fraction of sp³-hybridized carbons (Fsp3) is 0.417. The number of hydrogen-bond donors (Lipinski definition) is 1. The lowest BCUT2D eigenvalue weighted by atomic mass is 10.2. The molecule has 0 aromatic heterocycles. The second kappa shape index (κ2) is 6.12. The molecule has 1 rings (SSSR count). The van der Waals surface area contributed by atoms with Crippen molar-refractivity contribution in [2.75, 3.05) is 13.7 Å². The lowest BCUT2D eigenvalue weighted by Crippen LogP contribution is -2.20. The van der Waals surface area contributed by atoms with Gasteiger partial charge in [-0.15, -0.1) is 0 Å². The average molecular weight is 223 g/mol. The minimum Gasteiger partial charge on any atom is -0.493 e. The molecule has 1 aromatic carbocycles. The SMILES string of the molecule is COC(=O)C(C)COc1cccc(CN)c1. The van der Waals surface area contributed by atoms with Gasteiger partial charge in [0.05, 0.1) is 13.0 Å². The van der Waals surface area contributed by atoms with Gasteiger partial charge in [-0.3, -0.25) is 4.79 Å². The van der Waals surface area contributed by atoms with E-state index >= 15 is 0 Å². The third-order valence-corrected chi connectivity index (χ3v) is 2.24. The number of rotatable bonds is 5. The molecular weight excluding hydrogens is 206 g/mol. The maximum Gasteiger partial charge on any atom is 0.311 e. The zero-order chi connectivity index (χ0) is 12.0. The monoisotopic (exact) mass is 223 g/mol. The Kier molecular flexibility index (Phi) is 4.79. The number of esters is 1. The molecule has 0 saturated heterocycles. The summed E-state index contributed by atoms with van der Waals surface area (Å²) in [5.74, 6) is 0.181. The molecule has 0 saturated carbocycles. The van der Waals surface area contributed by atoms with Gasteiger partial charge in [-0.1, -0.05) is 12.1 Å². The van der Waals surface area contributed by atoms with Gasteiger partial charge in [0.1, 0.15) is 12.4 Å². The zero-order valence-electron chi connectivity index (χ0n) is 9.60. The van der Waals surface area contributed by atoms with Gasteiger partial charge in [0.2, 0.25) is 0 Å². The molecule has 0 heterocycles. The molecule has 16 heavy (non-hydrogen) atoms. The maximum absolute atomic E-state index is 11.1. The van der Waals surface area contributed by atoms with Crippen LogP contribution in [0.5, 0.6) is 5.75 Å². The van der Waals surface area contributed by atoms with Gasteiger partial charge in [-0.25, -0.2) is 0 Å². The van der Waals surface area contributed by atoms with E-state index in [1.165, 1.54) is 7.11 Å². The first-order chi connectivity index (χ1) is 7.67.